The highest BCUT2D eigenvalue weighted by atomic mass is 15.3. The number of piperidine rings is 1. The van der Waals surface area contributed by atoms with Crippen LogP contribution in [0.2, 0.25) is 0 Å². The molecule has 104 valence electrons. The molecule has 0 amide bonds. The van der Waals surface area contributed by atoms with Gasteiger partial charge in [0.15, 0.2) is 0 Å². The Balaban J connectivity index is 1.60. The van der Waals surface area contributed by atoms with Crippen LogP contribution in [0.4, 0.5) is 0 Å². The van der Waals surface area contributed by atoms with E-state index in [1.165, 1.54) is 64.7 Å². The number of nitrogens with zero attached hydrogens (tertiary/aromatic N) is 2. The Labute approximate surface area is 112 Å². The number of likely N-dealkylation sites (tertiary alicyclic amines) is 1. The Bertz CT molecular complexity index is 285. The quantitative estimate of drug-likeness (QED) is 0.806. The summed E-state index contributed by atoms with van der Waals surface area (Å²) in [5.41, 5.74) is 0.375. The molecule has 3 atom stereocenters. The van der Waals surface area contributed by atoms with Gasteiger partial charge in [0, 0.05) is 30.7 Å². The van der Waals surface area contributed by atoms with Gasteiger partial charge in [-0.1, -0.05) is 6.42 Å². The summed E-state index contributed by atoms with van der Waals surface area (Å²) in [6.07, 6.45) is 8.36. The molecule has 2 bridgehead atoms. The number of fused-ring (bicyclic) bond motifs is 2. The summed E-state index contributed by atoms with van der Waals surface area (Å²) in [4.78, 5) is 5.38. The third-order valence-electron chi connectivity index (χ3n) is 5.51. The normalized spacial score (nSPS) is 43.0. The highest BCUT2D eigenvalue weighted by Gasteiger charge is 2.37. The van der Waals surface area contributed by atoms with Crippen LogP contribution in [0.3, 0.4) is 0 Å². The van der Waals surface area contributed by atoms with E-state index in [1.807, 2.05) is 0 Å². The maximum absolute atomic E-state index is 3.76. The average Bonchev–Trinajstić information content (AvgIpc) is 2.59. The van der Waals surface area contributed by atoms with E-state index in [4.69, 9.17) is 0 Å². The first kappa shape index (κ1) is 12.9. The molecule has 3 unspecified atom stereocenters. The monoisotopic (exact) mass is 251 g/mol. The van der Waals surface area contributed by atoms with Crippen molar-refractivity contribution >= 4 is 0 Å². The first-order chi connectivity index (χ1) is 8.66. The number of hydrogen-bond acceptors (Lipinski definition) is 3. The first-order valence-corrected chi connectivity index (χ1v) is 7.86. The van der Waals surface area contributed by atoms with Gasteiger partial charge in [0.25, 0.3) is 0 Å². The summed E-state index contributed by atoms with van der Waals surface area (Å²) in [5.74, 6) is 0. The van der Waals surface area contributed by atoms with E-state index < -0.39 is 0 Å². The zero-order valence-electron chi connectivity index (χ0n) is 12.1. The number of likely N-dealkylation sites (N-methyl/N-ethyl adjacent to an activating group) is 1. The maximum Gasteiger partial charge on any atom is 0.0280 e. The summed E-state index contributed by atoms with van der Waals surface area (Å²) >= 11 is 0. The van der Waals surface area contributed by atoms with Crippen LogP contribution in [-0.2, 0) is 0 Å². The predicted octanol–water partition coefficient (Wildman–Crippen LogP) is 1.69. The third-order valence-corrected chi connectivity index (χ3v) is 5.51. The lowest BCUT2D eigenvalue weighted by molar-refractivity contribution is 0.150. The van der Waals surface area contributed by atoms with Crippen LogP contribution in [0.25, 0.3) is 0 Å². The molecule has 0 aromatic rings. The van der Waals surface area contributed by atoms with Gasteiger partial charge in [-0.25, -0.2) is 0 Å². The molecule has 3 fully saturated rings. The van der Waals surface area contributed by atoms with Crippen molar-refractivity contribution in [3.8, 4) is 0 Å². The number of nitrogens with one attached hydrogen (secondary N) is 1. The topological polar surface area (TPSA) is 18.5 Å². The van der Waals surface area contributed by atoms with Crippen LogP contribution in [0, 0.1) is 0 Å². The van der Waals surface area contributed by atoms with Gasteiger partial charge in [0.2, 0.25) is 0 Å². The molecule has 0 radical (unpaired) electrons. The highest BCUT2D eigenvalue weighted by molar-refractivity contribution is 4.95. The van der Waals surface area contributed by atoms with E-state index >= 15 is 0 Å². The minimum Gasteiger partial charge on any atom is -0.310 e. The molecule has 1 N–H and O–H groups in total. The molecule has 3 heterocycles. The van der Waals surface area contributed by atoms with Crippen LogP contribution in [0.15, 0.2) is 0 Å². The van der Waals surface area contributed by atoms with E-state index in [0.717, 1.165) is 12.1 Å². The molecule has 0 aromatic heterocycles. The van der Waals surface area contributed by atoms with E-state index in [2.05, 4.69) is 29.1 Å². The lowest BCUT2D eigenvalue weighted by Gasteiger charge is -2.40. The van der Waals surface area contributed by atoms with Gasteiger partial charge in [0.1, 0.15) is 0 Å². The minimum atomic E-state index is 0.375. The van der Waals surface area contributed by atoms with Gasteiger partial charge in [0.05, 0.1) is 0 Å². The van der Waals surface area contributed by atoms with Gasteiger partial charge in [-0.15, -0.1) is 0 Å². The molecular weight excluding hydrogens is 222 g/mol. The van der Waals surface area contributed by atoms with E-state index in [1.54, 1.807) is 0 Å². The second-order valence-corrected chi connectivity index (χ2v) is 7.02. The molecule has 0 aliphatic carbocycles. The fraction of sp³-hybridized carbons (Fsp3) is 1.00. The van der Waals surface area contributed by atoms with Crippen molar-refractivity contribution in [1.82, 2.24) is 15.1 Å². The molecule has 0 aromatic carbocycles. The fourth-order valence-corrected chi connectivity index (χ4v) is 4.27. The van der Waals surface area contributed by atoms with Crippen molar-refractivity contribution in [1.29, 1.82) is 0 Å². The van der Waals surface area contributed by atoms with E-state index in [-0.39, 0.29) is 0 Å². The van der Waals surface area contributed by atoms with Crippen LogP contribution in [0.5, 0.6) is 0 Å². The zero-order valence-corrected chi connectivity index (χ0v) is 12.1. The fourth-order valence-electron chi connectivity index (χ4n) is 4.27. The molecule has 18 heavy (non-hydrogen) atoms. The SMILES string of the molecule is CN1C2CCC1CN(CC1(C)CCCCN1)CC2. The van der Waals surface area contributed by atoms with Gasteiger partial charge in [-0.2, -0.15) is 0 Å². The van der Waals surface area contributed by atoms with Crippen LogP contribution < -0.4 is 5.32 Å². The molecule has 3 heteroatoms. The Morgan fingerprint density at radius 3 is 2.78 bits per heavy atom. The second-order valence-electron chi connectivity index (χ2n) is 7.02. The Morgan fingerprint density at radius 1 is 1.17 bits per heavy atom. The Kier molecular flexibility index (Phi) is 3.65. The number of rotatable bonds is 2. The van der Waals surface area contributed by atoms with Crippen molar-refractivity contribution in [2.45, 2.75) is 63.1 Å². The Morgan fingerprint density at radius 2 is 2.00 bits per heavy atom. The highest BCUT2D eigenvalue weighted by Crippen LogP contribution is 2.29. The first-order valence-electron chi connectivity index (χ1n) is 7.86. The van der Waals surface area contributed by atoms with Gasteiger partial charge in [-0.3, -0.25) is 9.80 Å². The van der Waals surface area contributed by atoms with Crippen molar-refractivity contribution in [2.24, 2.45) is 0 Å². The van der Waals surface area contributed by atoms with Crippen molar-refractivity contribution in [3.05, 3.63) is 0 Å². The molecule has 0 spiro atoms. The second kappa shape index (κ2) is 5.10. The molecule has 3 saturated heterocycles. The predicted molar refractivity (Wildman–Crippen MR) is 75.9 cm³/mol. The van der Waals surface area contributed by atoms with Gasteiger partial charge < -0.3 is 5.32 Å². The number of hydrogen-bond donors (Lipinski definition) is 1. The molecule has 3 aliphatic rings. The third kappa shape index (κ3) is 2.59. The van der Waals surface area contributed by atoms with Gasteiger partial charge >= 0.3 is 0 Å². The minimum absolute atomic E-state index is 0.375. The van der Waals surface area contributed by atoms with Crippen LogP contribution >= 0.6 is 0 Å². The lowest BCUT2D eigenvalue weighted by atomic mass is 9.90. The maximum atomic E-state index is 3.76. The largest absolute Gasteiger partial charge is 0.310 e. The zero-order chi connectivity index (χ0) is 12.6. The van der Waals surface area contributed by atoms with Crippen molar-refractivity contribution in [3.63, 3.8) is 0 Å². The molecule has 3 nitrogen and oxygen atoms in total. The summed E-state index contributed by atoms with van der Waals surface area (Å²) in [7, 11) is 2.34. The molecular formula is C15H29N3. The smallest absolute Gasteiger partial charge is 0.0280 e. The van der Waals surface area contributed by atoms with E-state index in [9.17, 15) is 0 Å². The Hall–Kier alpha value is -0.120. The average molecular weight is 251 g/mol. The van der Waals surface area contributed by atoms with Crippen LogP contribution in [0.1, 0.15) is 45.4 Å². The van der Waals surface area contributed by atoms with Crippen molar-refractivity contribution in [2.75, 3.05) is 33.2 Å². The lowest BCUT2D eigenvalue weighted by Crippen LogP contribution is -2.54. The summed E-state index contributed by atoms with van der Waals surface area (Å²) in [5, 5.41) is 3.76. The molecule has 3 rings (SSSR count). The standard InChI is InChI=1S/C15H29N3/c1-15(8-3-4-9-16-15)12-18-10-7-13-5-6-14(11-18)17(13)2/h13-14,16H,3-12H2,1-2H3. The summed E-state index contributed by atoms with van der Waals surface area (Å²) in [6, 6.07) is 1.69. The summed E-state index contributed by atoms with van der Waals surface area (Å²) < 4.78 is 0. The van der Waals surface area contributed by atoms with Crippen molar-refractivity contribution < 1.29 is 0 Å². The molecule has 3 aliphatic heterocycles. The van der Waals surface area contributed by atoms with E-state index in [0.29, 0.717) is 5.54 Å². The molecule has 0 saturated carbocycles. The van der Waals surface area contributed by atoms with Gasteiger partial charge in [-0.05, 0) is 59.2 Å². The van der Waals surface area contributed by atoms with Crippen LogP contribution in [-0.4, -0.2) is 60.6 Å². The summed E-state index contributed by atoms with van der Waals surface area (Å²) in [6.45, 7) is 7.51.